The summed E-state index contributed by atoms with van der Waals surface area (Å²) in [7, 11) is 4.72. The summed E-state index contributed by atoms with van der Waals surface area (Å²) in [6.45, 7) is 1.97. The molecule has 2 aromatic rings. The monoisotopic (exact) mass is 372 g/mol. The van der Waals surface area contributed by atoms with E-state index in [2.05, 4.69) is 10.5 Å². The molecule has 0 aliphatic rings. The van der Waals surface area contributed by atoms with Crippen LogP contribution in [0.25, 0.3) is 0 Å². The molecule has 0 saturated heterocycles. The fourth-order valence-electron chi connectivity index (χ4n) is 2.34. The van der Waals surface area contributed by atoms with Gasteiger partial charge < -0.3 is 24.4 Å². The Morgan fingerprint density at radius 2 is 1.74 bits per heavy atom. The number of carbonyl (C=O) groups excluding carboxylic acids is 1. The molecule has 0 saturated carbocycles. The molecular formula is C20H24N2O5. The molecule has 7 nitrogen and oxygen atoms in total. The van der Waals surface area contributed by atoms with E-state index in [-0.39, 0.29) is 5.91 Å². The maximum atomic E-state index is 12.2. The Balaban J connectivity index is 1.88. The lowest BCUT2D eigenvalue weighted by Crippen LogP contribution is -2.33. The zero-order valence-corrected chi connectivity index (χ0v) is 15.9. The van der Waals surface area contributed by atoms with E-state index in [1.807, 2.05) is 24.3 Å². The van der Waals surface area contributed by atoms with Gasteiger partial charge in [0.05, 0.1) is 27.5 Å². The number of amides is 1. The third kappa shape index (κ3) is 5.64. The first-order chi connectivity index (χ1) is 13.1. The molecule has 0 spiro atoms. The Bertz CT molecular complexity index is 792. The minimum absolute atomic E-state index is 0.273. The lowest BCUT2D eigenvalue weighted by Gasteiger charge is -2.12. The van der Waals surface area contributed by atoms with Crippen LogP contribution in [0, 0.1) is 0 Å². The molecule has 7 heteroatoms. The van der Waals surface area contributed by atoms with Gasteiger partial charge in [-0.2, -0.15) is 0 Å². The molecule has 144 valence electrons. The summed E-state index contributed by atoms with van der Waals surface area (Å²) in [5.74, 6) is 1.66. The van der Waals surface area contributed by atoms with Gasteiger partial charge in [-0.25, -0.2) is 0 Å². The third-order valence-corrected chi connectivity index (χ3v) is 3.84. The first-order valence-corrected chi connectivity index (χ1v) is 8.39. The molecule has 0 fully saturated rings. The zero-order valence-electron chi connectivity index (χ0n) is 15.9. The molecule has 0 aliphatic heterocycles. The zero-order chi connectivity index (χ0) is 19.6. The lowest BCUT2D eigenvalue weighted by molar-refractivity contribution is -0.131. The minimum Gasteiger partial charge on any atom is -0.496 e. The molecule has 0 heterocycles. The highest BCUT2D eigenvalue weighted by atomic mass is 16.6. The molecule has 1 N–H and O–H groups in total. The van der Waals surface area contributed by atoms with Gasteiger partial charge in [0.1, 0.15) is 5.75 Å². The summed E-state index contributed by atoms with van der Waals surface area (Å²) in [5, 5.41) is 6.68. The molecular weight excluding hydrogens is 348 g/mol. The normalized spacial score (nSPS) is 11.7. The number of para-hydroxylation sites is 1. The molecule has 2 aromatic carbocycles. The number of methoxy groups -OCH3 is 3. The van der Waals surface area contributed by atoms with Crippen LogP contribution >= 0.6 is 0 Å². The van der Waals surface area contributed by atoms with Crippen molar-refractivity contribution in [3.63, 3.8) is 0 Å². The van der Waals surface area contributed by atoms with Gasteiger partial charge in [0.15, 0.2) is 11.5 Å². The molecule has 1 amide bonds. The number of nitrogens with zero attached hydrogens (tertiary/aromatic N) is 1. The van der Waals surface area contributed by atoms with Crippen LogP contribution in [0.15, 0.2) is 47.6 Å². The average molecular weight is 372 g/mol. The highest BCUT2D eigenvalue weighted by Gasteiger charge is 2.14. The molecule has 0 radical (unpaired) electrons. The van der Waals surface area contributed by atoms with E-state index in [0.717, 1.165) is 16.9 Å². The van der Waals surface area contributed by atoms with E-state index in [1.165, 1.54) is 6.21 Å². The number of oxime groups is 1. The van der Waals surface area contributed by atoms with Gasteiger partial charge in [0, 0.05) is 17.7 Å². The Morgan fingerprint density at radius 3 is 2.44 bits per heavy atom. The minimum atomic E-state index is -0.740. The summed E-state index contributed by atoms with van der Waals surface area (Å²) in [5.41, 5.74) is 1.64. The first-order valence-electron chi connectivity index (χ1n) is 8.39. The number of rotatable bonds is 9. The van der Waals surface area contributed by atoms with Crippen molar-refractivity contribution in [2.24, 2.45) is 5.16 Å². The molecule has 27 heavy (non-hydrogen) atoms. The molecule has 1 unspecified atom stereocenters. The second-order valence-corrected chi connectivity index (χ2v) is 5.63. The highest BCUT2D eigenvalue weighted by Crippen LogP contribution is 2.26. The summed E-state index contributed by atoms with van der Waals surface area (Å²) in [6, 6.07) is 12.8. The van der Waals surface area contributed by atoms with E-state index >= 15 is 0 Å². The Kier molecular flexibility index (Phi) is 7.49. The third-order valence-electron chi connectivity index (χ3n) is 3.84. The molecule has 0 bridgehead atoms. The van der Waals surface area contributed by atoms with Gasteiger partial charge >= 0.3 is 0 Å². The van der Waals surface area contributed by atoms with Crippen molar-refractivity contribution in [3.05, 3.63) is 53.6 Å². The van der Waals surface area contributed by atoms with E-state index in [9.17, 15) is 4.79 Å². The first kappa shape index (κ1) is 20.1. The van der Waals surface area contributed by atoms with Crippen molar-refractivity contribution in [3.8, 4) is 17.2 Å². The quantitative estimate of drug-likeness (QED) is 0.541. The van der Waals surface area contributed by atoms with Crippen LogP contribution in [0.4, 0.5) is 0 Å². The van der Waals surface area contributed by atoms with Crippen LogP contribution in [0.2, 0.25) is 0 Å². The number of ether oxygens (including phenoxy) is 3. The lowest BCUT2D eigenvalue weighted by atomic mass is 10.2. The predicted molar refractivity (Wildman–Crippen MR) is 103 cm³/mol. The SMILES string of the molecule is COc1ccccc1CNC(=O)C(C)O/N=C/c1ccc(OC)c(OC)c1. The molecule has 1 atom stereocenters. The van der Waals surface area contributed by atoms with E-state index in [1.54, 1.807) is 46.5 Å². The van der Waals surface area contributed by atoms with Crippen LogP contribution in [-0.2, 0) is 16.2 Å². The number of hydrogen-bond acceptors (Lipinski definition) is 6. The van der Waals surface area contributed by atoms with E-state index in [0.29, 0.717) is 18.0 Å². The maximum absolute atomic E-state index is 12.2. The van der Waals surface area contributed by atoms with Gasteiger partial charge in [0.25, 0.3) is 5.91 Å². The van der Waals surface area contributed by atoms with Crippen LogP contribution in [-0.4, -0.2) is 39.6 Å². The fourth-order valence-corrected chi connectivity index (χ4v) is 2.34. The molecule has 0 aliphatic carbocycles. The topological polar surface area (TPSA) is 78.4 Å². The Hall–Kier alpha value is -3.22. The maximum Gasteiger partial charge on any atom is 0.263 e. The van der Waals surface area contributed by atoms with Crippen molar-refractivity contribution < 1.29 is 23.8 Å². The summed E-state index contributed by atoms with van der Waals surface area (Å²) in [6.07, 6.45) is 0.766. The fraction of sp³-hybridized carbons (Fsp3) is 0.300. The van der Waals surface area contributed by atoms with E-state index in [4.69, 9.17) is 19.0 Å². The summed E-state index contributed by atoms with van der Waals surface area (Å²) >= 11 is 0. The van der Waals surface area contributed by atoms with Crippen molar-refractivity contribution >= 4 is 12.1 Å². The van der Waals surface area contributed by atoms with Crippen LogP contribution in [0.1, 0.15) is 18.1 Å². The Morgan fingerprint density at radius 1 is 1.04 bits per heavy atom. The van der Waals surface area contributed by atoms with Gasteiger partial charge in [-0.15, -0.1) is 0 Å². The predicted octanol–water partition coefficient (Wildman–Crippen LogP) is 2.77. The van der Waals surface area contributed by atoms with Gasteiger partial charge in [-0.1, -0.05) is 23.4 Å². The van der Waals surface area contributed by atoms with Gasteiger partial charge in [-0.05, 0) is 31.2 Å². The molecule has 0 aromatic heterocycles. The van der Waals surface area contributed by atoms with Crippen molar-refractivity contribution in [1.29, 1.82) is 0 Å². The van der Waals surface area contributed by atoms with Crippen LogP contribution < -0.4 is 19.5 Å². The highest BCUT2D eigenvalue weighted by molar-refractivity contribution is 5.82. The Labute approximate surface area is 158 Å². The van der Waals surface area contributed by atoms with Crippen LogP contribution in [0.3, 0.4) is 0 Å². The smallest absolute Gasteiger partial charge is 0.263 e. The average Bonchev–Trinajstić information content (AvgIpc) is 2.71. The van der Waals surface area contributed by atoms with Crippen molar-refractivity contribution in [2.45, 2.75) is 19.6 Å². The summed E-state index contributed by atoms with van der Waals surface area (Å²) in [4.78, 5) is 17.4. The summed E-state index contributed by atoms with van der Waals surface area (Å²) < 4.78 is 15.7. The van der Waals surface area contributed by atoms with Gasteiger partial charge in [-0.3, -0.25) is 4.79 Å². The number of hydrogen-bond donors (Lipinski definition) is 1. The standard InChI is InChI=1S/C20H24N2O5/c1-14(20(23)21-13-16-7-5-6-8-17(16)24-2)27-22-12-15-9-10-18(25-3)19(11-15)26-4/h5-12,14H,13H2,1-4H3,(H,21,23)/b22-12+. The van der Waals surface area contributed by atoms with Crippen molar-refractivity contribution in [2.75, 3.05) is 21.3 Å². The van der Waals surface area contributed by atoms with Crippen LogP contribution in [0.5, 0.6) is 17.2 Å². The van der Waals surface area contributed by atoms with E-state index < -0.39 is 6.10 Å². The number of nitrogens with one attached hydrogen (secondary N) is 1. The molecule has 2 rings (SSSR count). The largest absolute Gasteiger partial charge is 0.496 e. The number of benzene rings is 2. The second kappa shape index (κ2) is 10.1. The number of carbonyl (C=O) groups is 1. The van der Waals surface area contributed by atoms with Crippen molar-refractivity contribution in [1.82, 2.24) is 5.32 Å². The van der Waals surface area contributed by atoms with Gasteiger partial charge in [0.2, 0.25) is 6.10 Å². The second-order valence-electron chi connectivity index (χ2n) is 5.63.